The van der Waals surface area contributed by atoms with Gasteiger partial charge in [-0.2, -0.15) is 0 Å². The number of hydrogen-bond acceptors (Lipinski definition) is 2. The summed E-state index contributed by atoms with van der Waals surface area (Å²) in [5.74, 6) is 0.271. The molecule has 2 amide bonds. The number of anilines is 1. The Kier molecular flexibility index (Phi) is 7.32. The Morgan fingerprint density at radius 2 is 1.61 bits per heavy atom. The number of piperazine rings is 1. The number of para-hydroxylation sites is 1. The number of likely N-dealkylation sites (tertiary alicyclic amines) is 1. The molecule has 2 saturated heterocycles. The summed E-state index contributed by atoms with van der Waals surface area (Å²) in [6, 6.07) is 8.00. The van der Waals surface area contributed by atoms with Crippen LogP contribution in [0.5, 0.6) is 0 Å². The Hall–Kier alpha value is -1.63. The topological polar surface area (TPSA) is 58.3 Å². The number of nitrogens with zero attached hydrogens (tertiary/aromatic N) is 1. The number of hydrogen-bond donors (Lipinski definition) is 3. The Labute approximate surface area is 172 Å². The molecule has 0 aromatic heterocycles. The van der Waals surface area contributed by atoms with Gasteiger partial charge >= 0.3 is 0 Å². The van der Waals surface area contributed by atoms with Crippen LogP contribution in [-0.4, -0.2) is 68.1 Å². The fraction of sp³-hybridized carbons (Fsp3) is 0.619. The molecule has 2 atom stereocenters. The second-order valence-corrected chi connectivity index (χ2v) is 8.72. The van der Waals surface area contributed by atoms with E-state index in [1.807, 2.05) is 18.2 Å². The van der Waals surface area contributed by atoms with E-state index >= 15 is 0 Å². The molecular formula is C21H33ClN4O2+2. The number of nitrogens with one attached hydrogen (secondary N) is 3. The van der Waals surface area contributed by atoms with Gasteiger partial charge < -0.3 is 20.0 Å². The van der Waals surface area contributed by atoms with Gasteiger partial charge in [0.15, 0.2) is 13.1 Å². The first kappa shape index (κ1) is 21.1. The number of carbonyl (C=O) groups excluding carboxylic acids is 2. The van der Waals surface area contributed by atoms with Crippen molar-refractivity contribution in [2.24, 2.45) is 0 Å². The monoisotopic (exact) mass is 408 g/mol. The van der Waals surface area contributed by atoms with Crippen LogP contribution in [0.1, 0.15) is 33.1 Å². The molecule has 2 aliphatic heterocycles. The van der Waals surface area contributed by atoms with E-state index in [9.17, 15) is 9.59 Å². The molecule has 1 aromatic rings. The molecule has 1 aromatic carbocycles. The zero-order valence-corrected chi connectivity index (χ0v) is 17.7. The van der Waals surface area contributed by atoms with Gasteiger partial charge in [0, 0.05) is 12.1 Å². The molecule has 2 aliphatic rings. The van der Waals surface area contributed by atoms with Gasteiger partial charge in [0.2, 0.25) is 0 Å². The SMILES string of the molecule is C[C@@H]1CCC[C@@H](C)N1C(=O)C[NH+]1CC[NH+](CC(=O)Nc2ccccc2Cl)CC1. The molecule has 0 saturated carbocycles. The molecule has 7 heteroatoms. The van der Waals surface area contributed by atoms with E-state index in [1.165, 1.54) is 16.2 Å². The normalized spacial score (nSPS) is 28.0. The van der Waals surface area contributed by atoms with Crippen molar-refractivity contribution in [3.8, 4) is 0 Å². The maximum atomic E-state index is 12.8. The first-order valence-electron chi connectivity index (χ1n) is 10.5. The van der Waals surface area contributed by atoms with Crippen molar-refractivity contribution in [2.75, 3.05) is 44.6 Å². The summed E-state index contributed by atoms with van der Waals surface area (Å²) in [5, 5.41) is 3.45. The van der Waals surface area contributed by atoms with Crippen LogP contribution in [0, 0.1) is 0 Å². The fourth-order valence-corrected chi connectivity index (χ4v) is 4.70. The Morgan fingerprint density at radius 1 is 1.04 bits per heavy atom. The third kappa shape index (κ3) is 5.46. The Morgan fingerprint density at radius 3 is 2.21 bits per heavy atom. The predicted molar refractivity (Wildman–Crippen MR) is 111 cm³/mol. The second-order valence-electron chi connectivity index (χ2n) is 8.31. The molecule has 0 spiro atoms. The molecule has 6 nitrogen and oxygen atoms in total. The predicted octanol–water partition coefficient (Wildman–Crippen LogP) is -0.149. The molecule has 3 rings (SSSR count). The van der Waals surface area contributed by atoms with E-state index in [4.69, 9.17) is 11.6 Å². The minimum Gasteiger partial charge on any atom is -0.332 e. The van der Waals surface area contributed by atoms with Crippen molar-refractivity contribution >= 4 is 29.1 Å². The minimum atomic E-state index is -0.0152. The third-order valence-corrected chi connectivity index (χ3v) is 6.44. The molecule has 0 aliphatic carbocycles. The zero-order valence-electron chi connectivity index (χ0n) is 17.0. The summed E-state index contributed by atoms with van der Waals surface area (Å²) in [5.41, 5.74) is 0.660. The lowest BCUT2D eigenvalue weighted by Crippen LogP contribution is -3.28. The lowest BCUT2D eigenvalue weighted by atomic mass is 9.97. The van der Waals surface area contributed by atoms with Crippen LogP contribution in [0.2, 0.25) is 5.02 Å². The molecule has 0 bridgehead atoms. The van der Waals surface area contributed by atoms with Crippen LogP contribution in [0.15, 0.2) is 24.3 Å². The lowest BCUT2D eigenvalue weighted by Gasteiger charge is -2.39. The Bertz CT molecular complexity index is 681. The summed E-state index contributed by atoms with van der Waals surface area (Å²) < 4.78 is 0. The van der Waals surface area contributed by atoms with Crippen molar-refractivity contribution in [1.82, 2.24) is 4.90 Å². The van der Waals surface area contributed by atoms with Crippen LogP contribution in [0.25, 0.3) is 0 Å². The number of rotatable bonds is 5. The molecule has 0 unspecified atom stereocenters. The van der Waals surface area contributed by atoms with Crippen LogP contribution in [-0.2, 0) is 9.59 Å². The zero-order chi connectivity index (χ0) is 20.1. The number of benzene rings is 1. The number of piperidine rings is 1. The number of amides is 2. The average Bonchev–Trinajstić information content (AvgIpc) is 2.65. The highest BCUT2D eigenvalue weighted by molar-refractivity contribution is 6.33. The average molecular weight is 409 g/mol. The highest BCUT2D eigenvalue weighted by Gasteiger charge is 2.33. The van der Waals surface area contributed by atoms with Gasteiger partial charge in [-0.15, -0.1) is 0 Å². The van der Waals surface area contributed by atoms with Crippen molar-refractivity contribution in [1.29, 1.82) is 0 Å². The maximum Gasteiger partial charge on any atom is 0.279 e. The van der Waals surface area contributed by atoms with Gasteiger partial charge in [-0.05, 0) is 45.2 Å². The van der Waals surface area contributed by atoms with E-state index in [1.54, 1.807) is 6.07 Å². The quantitative estimate of drug-likeness (QED) is 0.634. The molecule has 3 N–H and O–H groups in total. The third-order valence-electron chi connectivity index (χ3n) is 6.11. The number of halogens is 1. The first-order valence-corrected chi connectivity index (χ1v) is 10.8. The number of carbonyl (C=O) groups is 2. The molecule has 2 fully saturated rings. The highest BCUT2D eigenvalue weighted by Crippen LogP contribution is 2.22. The summed E-state index contributed by atoms with van der Waals surface area (Å²) in [4.78, 5) is 29.8. The summed E-state index contributed by atoms with van der Waals surface area (Å²) in [6.45, 7) is 9.02. The van der Waals surface area contributed by atoms with E-state index < -0.39 is 0 Å². The smallest absolute Gasteiger partial charge is 0.279 e. The van der Waals surface area contributed by atoms with Gasteiger partial charge in [0.25, 0.3) is 11.8 Å². The summed E-state index contributed by atoms with van der Waals surface area (Å²) in [6.07, 6.45) is 3.45. The standard InChI is InChI=1S/C21H31ClN4O2/c1-16-6-5-7-17(2)26(16)21(28)15-25-12-10-24(11-13-25)14-20(27)23-19-9-4-3-8-18(19)22/h3-4,8-9,16-17H,5-7,10-15H2,1-2H3,(H,23,27)/p+2/t16-,17-/m1/s1. The van der Waals surface area contributed by atoms with Crippen LogP contribution in [0.3, 0.4) is 0 Å². The molecular weight excluding hydrogens is 376 g/mol. The Balaban J connectivity index is 1.42. The van der Waals surface area contributed by atoms with E-state index in [2.05, 4.69) is 24.1 Å². The van der Waals surface area contributed by atoms with Gasteiger partial charge in [-0.3, -0.25) is 9.59 Å². The van der Waals surface area contributed by atoms with Crippen molar-refractivity contribution in [3.05, 3.63) is 29.3 Å². The first-order chi connectivity index (χ1) is 13.4. The molecule has 28 heavy (non-hydrogen) atoms. The van der Waals surface area contributed by atoms with E-state index in [-0.39, 0.29) is 11.8 Å². The van der Waals surface area contributed by atoms with E-state index in [0.29, 0.717) is 35.9 Å². The summed E-state index contributed by atoms with van der Waals surface area (Å²) in [7, 11) is 0. The van der Waals surface area contributed by atoms with Gasteiger partial charge in [0.1, 0.15) is 26.2 Å². The second kappa shape index (κ2) is 9.72. The van der Waals surface area contributed by atoms with Crippen molar-refractivity contribution in [3.63, 3.8) is 0 Å². The number of quaternary nitrogens is 2. The van der Waals surface area contributed by atoms with Crippen LogP contribution >= 0.6 is 11.6 Å². The van der Waals surface area contributed by atoms with Crippen molar-refractivity contribution < 1.29 is 19.4 Å². The maximum absolute atomic E-state index is 12.8. The lowest BCUT2D eigenvalue weighted by molar-refractivity contribution is -1.00. The minimum absolute atomic E-state index is 0.0152. The fourth-order valence-electron chi connectivity index (χ4n) is 4.51. The van der Waals surface area contributed by atoms with Crippen LogP contribution < -0.4 is 15.1 Å². The molecule has 154 valence electrons. The molecule has 2 heterocycles. The van der Waals surface area contributed by atoms with Crippen LogP contribution in [0.4, 0.5) is 5.69 Å². The largest absolute Gasteiger partial charge is 0.332 e. The van der Waals surface area contributed by atoms with Gasteiger partial charge in [-0.1, -0.05) is 23.7 Å². The van der Waals surface area contributed by atoms with Gasteiger partial charge in [-0.25, -0.2) is 0 Å². The van der Waals surface area contributed by atoms with Crippen molar-refractivity contribution in [2.45, 2.75) is 45.2 Å². The van der Waals surface area contributed by atoms with E-state index in [0.717, 1.165) is 39.0 Å². The highest BCUT2D eigenvalue weighted by atomic mass is 35.5. The van der Waals surface area contributed by atoms with Gasteiger partial charge in [0.05, 0.1) is 10.7 Å². The molecule has 0 radical (unpaired) electrons. The summed E-state index contributed by atoms with van der Waals surface area (Å²) >= 11 is 6.10.